The number of carbonyl (C=O) groups is 3. The van der Waals surface area contributed by atoms with Crippen LogP contribution in [0.2, 0.25) is 5.02 Å². The molecule has 0 aromatic heterocycles. The second-order valence-corrected chi connectivity index (χ2v) is 9.58. The molecule has 7 nitrogen and oxygen atoms in total. The van der Waals surface area contributed by atoms with E-state index in [0.717, 1.165) is 34.1 Å². The Morgan fingerprint density at radius 1 is 1.20 bits per heavy atom. The van der Waals surface area contributed by atoms with Crippen molar-refractivity contribution in [1.82, 2.24) is 5.32 Å². The number of nitrogens with one attached hydrogen (secondary N) is 2. The number of nitrogens with zero attached hydrogens (tertiary/aromatic N) is 1. The van der Waals surface area contributed by atoms with E-state index in [1.165, 1.54) is 0 Å². The van der Waals surface area contributed by atoms with Crippen molar-refractivity contribution in [1.29, 1.82) is 5.26 Å². The van der Waals surface area contributed by atoms with Crippen LogP contribution in [0.15, 0.2) is 47.0 Å². The summed E-state index contributed by atoms with van der Waals surface area (Å²) in [6.07, 6.45) is 0. The average Bonchev–Trinajstić information content (AvgIpc) is 2.80. The fraction of sp³-hybridized carbons (Fsp3) is 0.308. The van der Waals surface area contributed by atoms with Crippen LogP contribution in [0.4, 0.5) is 5.69 Å². The van der Waals surface area contributed by atoms with Crippen LogP contribution < -0.4 is 10.6 Å². The van der Waals surface area contributed by atoms with Crippen molar-refractivity contribution in [3.8, 4) is 6.07 Å². The number of ether oxygens (including phenoxy) is 1. The Hall–Kier alpha value is -3.28. The molecule has 2 amide bonds. The minimum absolute atomic E-state index is 0.0487. The third-order valence-corrected chi connectivity index (χ3v) is 6.96. The smallest absolute Gasteiger partial charge is 0.319 e. The van der Waals surface area contributed by atoms with Crippen molar-refractivity contribution in [3.63, 3.8) is 0 Å². The van der Waals surface area contributed by atoms with Gasteiger partial charge in [0.15, 0.2) is 0 Å². The largest absolute Gasteiger partial charge is 0.465 e. The lowest BCUT2D eigenvalue weighted by Crippen LogP contribution is -2.44. The van der Waals surface area contributed by atoms with Crippen LogP contribution in [0.3, 0.4) is 0 Å². The number of benzene rings is 2. The van der Waals surface area contributed by atoms with E-state index in [0.29, 0.717) is 10.6 Å². The van der Waals surface area contributed by atoms with Crippen molar-refractivity contribution in [2.24, 2.45) is 5.92 Å². The van der Waals surface area contributed by atoms with Gasteiger partial charge in [-0.05, 0) is 50.5 Å². The fourth-order valence-corrected chi connectivity index (χ4v) is 5.28. The molecule has 0 saturated heterocycles. The number of rotatable bonds is 7. The van der Waals surface area contributed by atoms with Gasteiger partial charge in [0.05, 0.1) is 29.0 Å². The summed E-state index contributed by atoms with van der Waals surface area (Å²) in [5, 5.41) is 16.1. The van der Waals surface area contributed by atoms with E-state index in [2.05, 4.69) is 16.7 Å². The molecule has 9 heteroatoms. The maximum Gasteiger partial charge on any atom is 0.319 e. The molecule has 2 atom stereocenters. The van der Waals surface area contributed by atoms with Crippen molar-refractivity contribution in [2.75, 3.05) is 17.7 Å². The molecular formula is C26H26ClN3O4S. The lowest BCUT2D eigenvalue weighted by molar-refractivity contribution is -0.152. The SMILES string of the molecule is CCOC(=O)[C@H]1C(=O)NC(SCC(=O)Nc2c(C)cc(C)cc2C)=C(C#N)[C@H]1c1ccccc1Cl. The van der Waals surface area contributed by atoms with Gasteiger partial charge < -0.3 is 15.4 Å². The number of amides is 2. The highest BCUT2D eigenvalue weighted by molar-refractivity contribution is 8.03. The summed E-state index contributed by atoms with van der Waals surface area (Å²) in [6.45, 7) is 7.56. The Labute approximate surface area is 213 Å². The molecule has 1 heterocycles. The summed E-state index contributed by atoms with van der Waals surface area (Å²) in [5.74, 6) is -3.90. The van der Waals surface area contributed by atoms with Crippen LogP contribution in [0, 0.1) is 38.0 Å². The third-order valence-electron chi connectivity index (χ3n) is 5.60. The second-order valence-electron chi connectivity index (χ2n) is 8.18. The molecule has 1 aliphatic heterocycles. The van der Waals surface area contributed by atoms with Gasteiger partial charge in [-0.15, -0.1) is 0 Å². The molecular weight excluding hydrogens is 486 g/mol. The lowest BCUT2D eigenvalue weighted by Gasteiger charge is -2.31. The highest BCUT2D eigenvalue weighted by atomic mass is 35.5. The predicted molar refractivity (Wildman–Crippen MR) is 137 cm³/mol. The molecule has 0 spiro atoms. The van der Waals surface area contributed by atoms with Crippen molar-refractivity contribution in [3.05, 3.63) is 74.3 Å². The molecule has 0 fully saturated rings. The number of nitriles is 1. The van der Waals surface area contributed by atoms with Crippen LogP contribution >= 0.6 is 23.4 Å². The van der Waals surface area contributed by atoms with Crippen LogP contribution in [0.5, 0.6) is 0 Å². The number of carbonyl (C=O) groups excluding carboxylic acids is 3. The second kappa shape index (κ2) is 11.4. The summed E-state index contributed by atoms with van der Waals surface area (Å²) in [6, 6.07) is 12.8. The molecule has 2 aromatic rings. The van der Waals surface area contributed by atoms with Gasteiger partial charge in [0.2, 0.25) is 11.8 Å². The van der Waals surface area contributed by atoms with Crippen LogP contribution in [-0.2, 0) is 19.1 Å². The predicted octanol–water partition coefficient (Wildman–Crippen LogP) is 4.77. The first-order valence-electron chi connectivity index (χ1n) is 11.0. The maximum atomic E-state index is 13.0. The molecule has 3 rings (SSSR count). The molecule has 0 unspecified atom stereocenters. The molecule has 1 aliphatic rings. The molecule has 182 valence electrons. The van der Waals surface area contributed by atoms with Crippen LogP contribution in [0.25, 0.3) is 0 Å². The fourth-order valence-electron chi connectivity index (χ4n) is 4.18. The number of anilines is 1. The van der Waals surface area contributed by atoms with E-state index < -0.39 is 23.7 Å². The van der Waals surface area contributed by atoms with Crippen molar-refractivity contribution in [2.45, 2.75) is 33.6 Å². The summed E-state index contributed by atoms with van der Waals surface area (Å²) in [4.78, 5) is 38.5. The average molecular weight is 512 g/mol. The van der Waals surface area contributed by atoms with Gasteiger partial charge in [-0.25, -0.2) is 0 Å². The maximum absolute atomic E-state index is 13.0. The molecule has 0 bridgehead atoms. The van der Waals surface area contributed by atoms with E-state index in [-0.39, 0.29) is 28.9 Å². The Morgan fingerprint density at radius 3 is 2.46 bits per heavy atom. The Kier molecular flexibility index (Phi) is 8.60. The highest BCUT2D eigenvalue weighted by Crippen LogP contribution is 2.42. The summed E-state index contributed by atoms with van der Waals surface area (Å²) < 4.78 is 5.12. The normalized spacial score (nSPS) is 17.4. The number of hydrogen-bond acceptors (Lipinski definition) is 6. The van der Waals surface area contributed by atoms with E-state index in [1.807, 2.05) is 32.9 Å². The van der Waals surface area contributed by atoms with Crippen molar-refractivity contribution < 1.29 is 19.1 Å². The van der Waals surface area contributed by atoms with Crippen LogP contribution in [0.1, 0.15) is 35.1 Å². The Morgan fingerprint density at radius 2 is 1.86 bits per heavy atom. The molecule has 35 heavy (non-hydrogen) atoms. The summed E-state index contributed by atoms with van der Waals surface area (Å²) in [7, 11) is 0. The standard InChI is InChI=1S/C26H26ClN3O4S/c1-5-34-26(33)22-21(17-8-6-7-9-19(17)27)18(12-28)25(30-24(22)32)35-13-20(31)29-23-15(3)10-14(2)11-16(23)4/h6-11,21-22H,5,13H2,1-4H3,(H,29,31)(H,30,32)/t21-,22-/m1/s1. The van der Waals surface area contributed by atoms with Gasteiger partial charge in [-0.1, -0.05) is 59.3 Å². The molecule has 0 radical (unpaired) electrons. The lowest BCUT2D eigenvalue weighted by atomic mass is 9.78. The number of esters is 1. The number of halogens is 1. The zero-order valence-corrected chi connectivity index (χ0v) is 21.5. The van der Waals surface area contributed by atoms with Gasteiger partial charge in [-0.3, -0.25) is 14.4 Å². The van der Waals surface area contributed by atoms with Crippen LogP contribution in [-0.4, -0.2) is 30.1 Å². The van der Waals surface area contributed by atoms with Gasteiger partial charge >= 0.3 is 5.97 Å². The first-order chi connectivity index (χ1) is 16.7. The number of thioether (sulfide) groups is 1. The molecule has 2 N–H and O–H groups in total. The first kappa shape index (κ1) is 26.3. The third kappa shape index (κ3) is 5.87. The van der Waals surface area contributed by atoms with Gasteiger partial charge in [0.25, 0.3) is 0 Å². The summed E-state index contributed by atoms with van der Waals surface area (Å²) >= 11 is 7.42. The van der Waals surface area contributed by atoms with E-state index in [9.17, 15) is 19.6 Å². The van der Waals surface area contributed by atoms with Gasteiger partial charge in [0, 0.05) is 16.6 Å². The van der Waals surface area contributed by atoms with Gasteiger partial charge in [-0.2, -0.15) is 5.26 Å². The number of hydrogen-bond donors (Lipinski definition) is 2. The monoisotopic (exact) mass is 511 g/mol. The van der Waals surface area contributed by atoms with Crippen molar-refractivity contribution >= 4 is 46.8 Å². The Bertz CT molecular complexity index is 1230. The summed E-state index contributed by atoms with van der Waals surface area (Å²) in [5.41, 5.74) is 4.34. The number of aryl methyl sites for hydroxylation is 3. The minimum Gasteiger partial charge on any atom is -0.465 e. The van der Waals surface area contributed by atoms with E-state index in [4.69, 9.17) is 16.3 Å². The van der Waals surface area contributed by atoms with E-state index >= 15 is 0 Å². The molecule has 0 saturated carbocycles. The molecule has 2 aromatic carbocycles. The van der Waals surface area contributed by atoms with Gasteiger partial charge in [0.1, 0.15) is 5.92 Å². The minimum atomic E-state index is -1.28. The first-order valence-corrected chi connectivity index (χ1v) is 12.4. The van der Waals surface area contributed by atoms with E-state index in [1.54, 1.807) is 31.2 Å². The highest BCUT2D eigenvalue weighted by Gasteiger charge is 2.45. The zero-order chi connectivity index (χ0) is 25.7. The topological polar surface area (TPSA) is 108 Å². The quantitative estimate of drug-likeness (QED) is 0.409. The molecule has 0 aliphatic carbocycles. The number of allylic oxidation sites excluding steroid dienone is 1. The zero-order valence-electron chi connectivity index (χ0n) is 19.9. The Balaban J connectivity index is 1.92.